The maximum Gasteiger partial charge on any atom is 0.355 e. The monoisotopic (exact) mass is 285 g/mol. The van der Waals surface area contributed by atoms with Gasteiger partial charge in [0.15, 0.2) is 5.69 Å². The van der Waals surface area contributed by atoms with Crippen molar-refractivity contribution in [3.63, 3.8) is 0 Å². The van der Waals surface area contributed by atoms with Crippen LogP contribution in [0.2, 0.25) is 5.02 Å². The van der Waals surface area contributed by atoms with Crippen molar-refractivity contribution in [3.05, 3.63) is 50.2 Å². The normalized spacial score (nSPS) is 10.6. The van der Waals surface area contributed by atoms with Gasteiger partial charge < -0.3 is 5.11 Å². The number of carbonyl (C=O) groups is 1. The number of benzene rings is 1. The summed E-state index contributed by atoms with van der Waals surface area (Å²) >= 11 is 6.93. The van der Waals surface area contributed by atoms with Crippen molar-refractivity contribution in [3.8, 4) is 0 Å². The Bertz CT molecular complexity index is 612. The highest BCUT2D eigenvalue weighted by atomic mass is 35.5. The molecule has 1 aromatic carbocycles. The zero-order chi connectivity index (χ0) is 13.3. The molecule has 1 heterocycles. The molecule has 0 atom stereocenters. The molecular formula is C12H9ClFNO2S. The molecule has 0 bridgehead atoms. The number of thiazole rings is 1. The van der Waals surface area contributed by atoms with E-state index in [1.807, 2.05) is 0 Å². The van der Waals surface area contributed by atoms with Crippen molar-refractivity contribution in [2.75, 3.05) is 0 Å². The highest BCUT2D eigenvalue weighted by Gasteiger charge is 2.15. The van der Waals surface area contributed by atoms with Gasteiger partial charge in [-0.05, 0) is 18.6 Å². The Balaban J connectivity index is 2.32. The summed E-state index contributed by atoms with van der Waals surface area (Å²) in [5.74, 6) is -1.55. The Morgan fingerprint density at radius 2 is 2.28 bits per heavy atom. The van der Waals surface area contributed by atoms with Crippen LogP contribution in [0.3, 0.4) is 0 Å². The van der Waals surface area contributed by atoms with E-state index in [0.717, 1.165) is 0 Å². The van der Waals surface area contributed by atoms with Gasteiger partial charge in [-0.1, -0.05) is 23.7 Å². The van der Waals surface area contributed by atoms with Gasteiger partial charge in [-0.2, -0.15) is 0 Å². The van der Waals surface area contributed by atoms with Crippen LogP contribution in [0.5, 0.6) is 0 Å². The fourth-order valence-electron chi connectivity index (χ4n) is 1.57. The summed E-state index contributed by atoms with van der Waals surface area (Å²) in [6.07, 6.45) is 0.241. The molecule has 6 heteroatoms. The predicted molar refractivity (Wildman–Crippen MR) is 68.0 cm³/mol. The third-order valence-corrected chi connectivity index (χ3v) is 3.68. The molecule has 0 saturated heterocycles. The molecule has 0 fully saturated rings. The minimum absolute atomic E-state index is 0.0254. The van der Waals surface area contributed by atoms with E-state index in [1.54, 1.807) is 19.1 Å². The number of aromatic carboxylic acids is 1. The third-order valence-electron chi connectivity index (χ3n) is 2.42. The molecule has 94 valence electrons. The second-order valence-electron chi connectivity index (χ2n) is 3.71. The Hall–Kier alpha value is -1.46. The van der Waals surface area contributed by atoms with Crippen molar-refractivity contribution in [2.24, 2.45) is 0 Å². The number of hydrogen-bond donors (Lipinski definition) is 1. The average molecular weight is 286 g/mol. The summed E-state index contributed by atoms with van der Waals surface area (Å²) in [6.45, 7) is 1.68. The fourth-order valence-corrected chi connectivity index (χ4v) is 2.72. The molecule has 1 N–H and O–H groups in total. The van der Waals surface area contributed by atoms with Crippen molar-refractivity contribution >= 4 is 28.9 Å². The number of halogens is 2. The van der Waals surface area contributed by atoms with Gasteiger partial charge in [-0.15, -0.1) is 11.3 Å². The first-order valence-electron chi connectivity index (χ1n) is 5.11. The number of rotatable bonds is 3. The summed E-state index contributed by atoms with van der Waals surface area (Å²) in [6, 6.07) is 4.73. The molecular weight excluding hydrogens is 277 g/mol. The van der Waals surface area contributed by atoms with Gasteiger partial charge in [-0.3, -0.25) is 0 Å². The first-order chi connectivity index (χ1) is 8.49. The van der Waals surface area contributed by atoms with Crippen LogP contribution in [0, 0.1) is 12.7 Å². The molecule has 0 unspecified atom stereocenters. The lowest BCUT2D eigenvalue weighted by atomic mass is 10.1. The van der Waals surface area contributed by atoms with E-state index in [1.165, 1.54) is 17.4 Å². The third kappa shape index (κ3) is 2.52. The Kier molecular flexibility index (Phi) is 3.63. The average Bonchev–Trinajstić information content (AvgIpc) is 2.66. The maximum absolute atomic E-state index is 13.7. The molecule has 1 aromatic heterocycles. The zero-order valence-corrected chi connectivity index (χ0v) is 11.0. The molecule has 18 heavy (non-hydrogen) atoms. The van der Waals surface area contributed by atoms with Crippen LogP contribution in [0.25, 0.3) is 0 Å². The Morgan fingerprint density at radius 3 is 2.89 bits per heavy atom. The van der Waals surface area contributed by atoms with Gasteiger partial charge in [0, 0.05) is 11.3 Å². The lowest BCUT2D eigenvalue weighted by molar-refractivity contribution is 0.0690. The fraction of sp³-hybridized carbons (Fsp3) is 0.167. The number of carboxylic acid groups (broad SMARTS) is 1. The van der Waals surface area contributed by atoms with E-state index in [0.29, 0.717) is 15.4 Å². The molecule has 0 saturated carbocycles. The lowest BCUT2D eigenvalue weighted by Gasteiger charge is -2.01. The molecule has 3 nitrogen and oxygen atoms in total. The number of carboxylic acids is 1. The highest BCUT2D eigenvalue weighted by molar-refractivity contribution is 7.11. The van der Waals surface area contributed by atoms with Gasteiger partial charge in [0.25, 0.3) is 0 Å². The largest absolute Gasteiger partial charge is 0.476 e. The SMILES string of the molecule is Cc1sc(Cc2cccc(Cl)c2F)nc1C(=O)O. The van der Waals surface area contributed by atoms with Crippen LogP contribution in [0.15, 0.2) is 18.2 Å². The second kappa shape index (κ2) is 5.04. The number of aryl methyl sites for hydroxylation is 1. The molecule has 0 amide bonds. The number of hydrogen-bond acceptors (Lipinski definition) is 3. The van der Waals surface area contributed by atoms with E-state index >= 15 is 0 Å². The number of aromatic nitrogens is 1. The van der Waals surface area contributed by atoms with Crippen molar-refractivity contribution in [1.82, 2.24) is 4.98 Å². The molecule has 0 aliphatic rings. The van der Waals surface area contributed by atoms with Crippen LogP contribution in [0.1, 0.15) is 25.9 Å². The van der Waals surface area contributed by atoms with E-state index in [4.69, 9.17) is 16.7 Å². The summed E-state index contributed by atoms with van der Waals surface area (Å²) in [4.78, 5) is 15.5. The number of nitrogens with zero attached hydrogens (tertiary/aromatic N) is 1. The first kappa shape index (κ1) is 13.0. The van der Waals surface area contributed by atoms with Crippen LogP contribution in [0.4, 0.5) is 4.39 Å². The molecule has 0 radical (unpaired) electrons. The van der Waals surface area contributed by atoms with Gasteiger partial charge in [0.2, 0.25) is 0 Å². The molecule has 2 rings (SSSR count). The quantitative estimate of drug-likeness (QED) is 0.938. The summed E-state index contributed by atoms with van der Waals surface area (Å²) < 4.78 is 13.7. The maximum atomic E-state index is 13.7. The summed E-state index contributed by atoms with van der Waals surface area (Å²) in [7, 11) is 0. The van der Waals surface area contributed by atoms with E-state index in [-0.39, 0.29) is 17.1 Å². The Morgan fingerprint density at radius 1 is 1.56 bits per heavy atom. The van der Waals surface area contributed by atoms with Crippen LogP contribution >= 0.6 is 22.9 Å². The molecule has 2 aromatic rings. The van der Waals surface area contributed by atoms with Crippen LogP contribution in [-0.4, -0.2) is 16.1 Å². The summed E-state index contributed by atoms with van der Waals surface area (Å²) in [5, 5.41) is 9.51. The van der Waals surface area contributed by atoms with E-state index in [2.05, 4.69) is 4.98 Å². The van der Waals surface area contributed by atoms with Crippen molar-refractivity contribution in [2.45, 2.75) is 13.3 Å². The molecule has 0 aliphatic carbocycles. The standard InChI is InChI=1S/C12H9ClFNO2S/c1-6-11(12(16)17)15-9(18-6)5-7-3-2-4-8(13)10(7)14/h2-4H,5H2,1H3,(H,16,17). The predicted octanol–water partition coefficient (Wildman–Crippen LogP) is 3.53. The highest BCUT2D eigenvalue weighted by Crippen LogP contribution is 2.24. The van der Waals surface area contributed by atoms with Gasteiger partial charge in [-0.25, -0.2) is 14.2 Å². The van der Waals surface area contributed by atoms with E-state index in [9.17, 15) is 9.18 Å². The van der Waals surface area contributed by atoms with Gasteiger partial charge in [0.1, 0.15) is 5.82 Å². The smallest absolute Gasteiger partial charge is 0.355 e. The van der Waals surface area contributed by atoms with Crippen molar-refractivity contribution in [1.29, 1.82) is 0 Å². The summed E-state index contributed by atoms with van der Waals surface area (Å²) in [5.41, 5.74) is 0.436. The van der Waals surface area contributed by atoms with Crippen LogP contribution < -0.4 is 0 Å². The van der Waals surface area contributed by atoms with Crippen LogP contribution in [-0.2, 0) is 6.42 Å². The van der Waals surface area contributed by atoms with E-state index < -0.39 is 11.8 Å². The zero-order valence-electron chi connectivity index (χ0n) is 9.41. The molecule has 0 aliphatic heterocycles. The second-order valence-corrected chi connectivity index (χ2v) is 5.40. The lowest BCUT2D eigenvalue weighted by Crippen LogP contribution is -1.99. The van der Waals surface area contributed by atoms with Gasteiger partial charge >= 0.3 is 5.97 Å². The first-order valence-corrected chi connectivity index (χ1v) is 6.31. The topological polar surface area (TPSA) is 50.2 Å². The Labute approximate surface area is 112 Å². The van der Waals surface area contributed by atoms with Gasteiger partial charge in [0.05, 0.1) is 10.0 Å². The molecule has 0 spiro atoms. The minimum Gasteiger partial charge on any atom is -0.476 e. The van der Waals surface area contributed by atoms with Crippen molar-refractivity contribution < 1.29 is 14.3 Å². The minimum atomic E-state index is -1.07.